The fourth-order valence-electron chi connectivity index (χ4n) is 9.24. The van der Waals surface area contributed by atoms with Gasteiger partial charge in [-0.25, -0.2) is 9.18 Å². The van der Waals surface area contributed by atoms with Crippen LogP contribution < -0.4 is 20.6 Å². The van der Waals surface area contributed by atoms with Crippen molar-refractivity contribution in [2.75, 3.05) is 71.9 Å². The Labute approximate surface area is 358 Å². The molecular formula is C45H53FN10O6. The number of aryl methyl sites for hydroxylation is 2. The number of ether oxygens (including phenoxy) is 1. The van der Waals surface area contributed by atoms with Crippen molar-refractivity contribution in [2.45, 2.75) is 51.1 Å². The molecular weight excluding hydrogens is 796 g/mol. The van der Waals surface area contributed by atoms with Gasteiger partial charge in [0.2, 0.25) is 23.6 Å². The minimum absolute atomic E-state index is 0.0455. The van der Waals surface area contributed by atoms with Crippen molar-refractivity contribution >= 4 is 45.9 Å². The van der Waals surface area contributed by atoms with Gasteiger partial charge in [-0.05, 0) is 60.2 Å². The summed E-state index contributed by atoms with van der Waals surface area (Å²) in [6.45, 7) is 5.14. The molecule has 1 N–H and O–H groups in total. The third-order valence-electron chi connectivity index (χ3n) is 12.6. The Morgan fingerprint density at radius 2 is 1.84 bits per heavy atom. The Morgan fingerprint density at radius 3 is 2.56 bits per heavy atom. The number of imidazole rings is 1. The van der Waals surface area contributed by atoms with Crippen LogP contribution in [0.1, 0.15) is 49.3 Å². The smallest absolute Gasteiger partial charge is 0.329 e. The van der Waals surface area contributed by atoms with Gasteiger partial charge in [-0.15, -0.1) is 5.10 Å². The van der Waals surface area contributed by atoms with E-state index in [0.29, 0.717) is 53.9 Å². The molecule has 0 bridgehead atoms. The molecule has 0 radical (unpaired) electrons. The van der Waals surface area contributed by atoms with E-state index < -0.39 is 17.9 Å². The molecule has 326 valence electrons. The summed E-state index contributed by atoms with van der Waals surface area (Å²) in [4.78, 5) is 72.7. The maximum atomic E-state index is 16.1. The summed E-state index contributed by atoms with van der Waals surface area (Å²) in [7, 11) is 6.68. The largest absolute Gasteiger partial charge is 0.496 e. The van der Waals surface area contributed by atoms with E-state index in [4.69, 9.17) is 4.74 Å². The van der Waals surface area contributed by atoms with Gasteiger partial charge in [0.15, 0.2) is 0 Å². The first-order valence-electron chi connectivity index (χ1n) is 21.2. The second kappa shape index (κ2) is 17.9. The van der Waals surface area contributed by atoms with Crippen LogP contribution in [0, 0.1) is 5.92 Å². The Kier molecular flexibility index (Phi) is 12.2. The molecule has 4 aliphatic rings. The van der Waals surface area contributed by atoms with E-state index in [2.05, 4.69) is 25.4 Å². The van der Waals surface area contributed by atoms with E-state index in [1.165, 1.54) is 9.47 Å². The summed E-state index contributed by atoms with van der Waals surface area (Å²) in [6.07, 6.45) is 8.97. The fourth-order valence-corrected chi connectivity index (χ4v) is 9.24. The van der Waals surface area contributed by atoms with Gasteiger partial charge in [-0.1, -0.05) is 23.4 Å². The van der Waals surface area contributed by atoms with Crippen molar-refractivity contribution in [3.63, 3.8) is 0 Å². The van der Waals surface area contributed by atoms with Crippen molar-refractivity contribution in [2.24, 2.45) is 13.0 Å². The van der Waals surface area contributed by atoms with Crippen LogP contribution in [0.5, 0.6) is 5.75 Å². The van der Waals surface area contributed by atoms with Gasteiger partial charge in [0.25, 0.3) is 0 Å². The minimum Gasteiger partial charge on any atom is -0.496 e. The van der Waals surface area contributed by atoms with Crippen LogP contribution in [-0.4, -0.2) is 129 Å². The molecule has 2 aromatic carbocycles. The van der Waals surface area contributed by atoms with Crippen LogP contribution in [0.3, 0.4) is 0 Å². The lowest BCUT2D eigenvalue weighted by molar-refractivity contribution is -0.136. The van der Waals surface area contributed by atoms with Crippen LogP contribution in [0.15, 0.2) is 82.7 Å². The van der Waals surface area contributed by atoms with Crippen LogP contribution in [0.2, 0.25) is 0 Å². The van der Waals surface area contributed by atoms with Crippen molar-refractivity contribution in [3.8, 4) is 5.75 Å². The predicted molar refractivity (Wildman–Crippen MR) is 231 cm³/mol. The van der Waals surface area contributed by atoms with Crippen molar-refractivity contribution in [3.05, 3.63) is 99.5 Å². The zero-order valence-corrected chi connectivity index (χ0v) is 35.7. The third-order valence-corrected chi connectivity index (χ3v) is 12.6. The van der Waals surface area contributed by atoms with Crippen molar-refractivity contribution in [1.29, 1.82) is 0 Å². The number of nitrogens with one attached hydrogen (secondary N) is 1. The van der Waals surface area contributed by atoms with Gasteiger partial charge >= 0.3 is 5.69 Å². The Morgan fingerprint density at radius 1 is 1.03 bits per heavy atom. The van der Waals surface area contributed by atoms with E-state index in [-0.39, 0.29) is 61.5 Å². The molecule has 8 rings (SSSR count). The number of fused-ring (bicyclic) bond motifs is 1. The van der Waals surface area contributed by atoms with Crippen molar-refractivity contribution in [1.82, 2.24) is 44.1 Å². The summed E-state index contributed by atoms with van der Waals surface area (Å²) in [6, 6.07) is 11.0. The van der Waals surface area contributed by atoms with Crippen LogP contribution in [0.4, 0.5) is 10.1 Å². The number of piperazine rings is 1. The topological polar surface area (TPSA) is 160 Å². The van der Waals surface area contributed by atoms with Gasteiger partial charge in [-0.3, -0.25) is 43.2 Å². The lowest BCUT2D eigenvalue weighted by Gasteiger charge is -2.36. The third kappa shape index (κ3) is 8.45. The number of nitrogens with zero attached hydrogens (tertiary/aromatic N) is 9. The standard InChI is InChI=1S/C45H53FN10O6/c1-50(2)44(60)35-27-36(46)33(30-8-6-17-54(28-30)41(58)15-19-55-20-16-47-49-55)26-34(35)32-11-10-31(25-39(32)62-4)53-23-21-52(22-24-53)18-14-29-7-5-9-37-42(29)51(3)45(61)56(37)38-12-13-40(57)48-43(38)59/h5,7-11,16,20,25-26,35,38H,6,12-15,17-19,21-24,27-28H2,1-4H3,(H,48,57,59). The van der Waals surface area contributed by atoms with Gasteiger partial charge in [0.05, 0.1) is 36.8 Å². The van der Waals surface area contributed by atoms with Crippen molar-refractivity contribution < 1.29 is 28.3 Å². The van der Waals surface area contributed by atoms with Gasteiger partial charge in [0, 0.05) is 115 Å². The molecule has 16 nitrogen and oxygen atoms in total. The average molecular weight is 849 g/mol. The number of para-hydroxylation sites is 1. The molecule has 4 amide bonds. The number of imide groups is 1. The number of hydrogen-bond acceptors (Lipinski definition) is 10. The number of allylic oxidation sites excluding steroid dienone is 2. The highest BCUT2D eigenvalue weighted by Crippen LogP contribution is 2.43. The molecule has 0 spiro atoms. The molecule has 2 aromatic heterocycles. The number of carbonyl (C=O) groups is 4. The van der Waals surface area contributed by atoms with E-state index in [1.54, 1.807) is 60.9 Å². The van der Waals surface area contributed by atoms with E-state index >= 15 is 4.39 Å². The molecule has 2 saturated heterocycles. The number of amides is 4. The van der Waals surface area contributed by atoms with Crippen LogP contribution in [-0.2, 0) is 39.2 Å². The first-order valence-corrected chi connectivity index (χ1v) is 21.2. The first kappa shape index (κ1) is 42.3. The van der Waals surface area contributed by atoms with Crippen LogP contribution >= 0.6 is 0 Å². The number of hydrogen-bond donors (Lipinski definition) is 1. The van der Waals surface area contributed by atoms with Gasteiger partial charge in [0.1, 0.15) is 17.6 Å². The van der Waals surface area contributed by atoms with Crippen LogP contribution in [0.25, 0.3) is 16.6 Å². The number of methoxy groups -OCH3 is 1. The molecule has 4 aromatic rings. The lowest BCUT2D eigenvalue weighted by Crippen LogP contribution is -2.47. The molecule has 1 aliphatic carbocycles. The minimum atomic E-state index is -0.758. The highest BCUT2D eigenvalue weighted by atomic mass is 19.1. The monoisotopic (exact) mass is 848 g/mol. The molecule has 3 aliphatic heterocycles. The molecule has 0 saturated carbocycles. The second-order valence-electron chi connectivity index (χ2n) is 16.6. The summed E-state index contributed by atoms with van der Waals surface area (Å²) >= 11 is 0. The van der Waals surface area contributed by atoms with Gasteiger partial charge in [-0.2, -0.15) is 0 Å². The fraction of sp³-hybridized carbons (Fsp3) is 0.444. The Bertz CT molecular complexity index is 2550. The number of halogens is 1. The number of carbonyl (C=O) groups excluding carboxylic acids is 4. The maximum absolute atomic E-state index is 16.1. The second-order valence-corrected chi connectivity index (χ2v) is 16.6. The molecule has 2 fully saturated rings. The number of anilines is 1. The Hall–Kier alpha value is -6.36. The highest BCUT2D eigenvalue weighted by molar-refractivity contribution is 6.00. The number of benzene rings is 2. The molecule has 2 atom stereocenters. The summed E-state index contributed by atoms with van der Waals surface area (Å²) in [5.41, 5.74) is 5.70. The molecule has 17 heteroatoms. The molecule has 62 heavy (non-hydrogen) atoms. The summed E-state index contributed by atoms with van der Waals surface area (Å²) in [5, 5.41) is 10.1. The number of piperidine rings is 1. The van der Waals surface area contributed by atoms with Gasteiger partial charge < -0.3 is 19.4 Å². The van der Waals surface area contributed by atoms with E-state index in [0.717, 1.165) is 55.1 Å². The number of aromatic nitrogens is 5. The molecule has 2 unspecified atom stereocenters. The van der Waals surface area contributed by atoms with E-state index in [1.807, 2.05) is 42.5 Å². The van der Waals surface area contributed by atoms with E-state index in [9.17, 15) is 24.0 Å². The highest BCUT2D eigenvalue weighted by Gasteiger charge is 2.35. The Balaban J connectivity index is 0.957. The quantitative estimate of drug-likeness (QED) is 0.210. The lowest BCUT2D eigenvalue weighted by atomic mass is 9.80. The number of rotatable bonds is 12. The maximum Gasteiger partial charge on any atom is 0.329 e. The first-order chi connectivity index (χ1) is 29.9. The normalized spacial score (nSPS) is 20.0. The predicted octanol–water partition coefficient (Wildman–Crippen LogP) is 3.25. The molecule has 5 heterocycles. The zero-order valence-electron chi connectivity index (χ0n) is 35.7. The SMILES string of the molecule is COc1cc(N2CCN(CCc3cccc4c3n(C)c(=O)n4C3CCC(=O)NC3=O)CC2)ccc1C1=CC(C2=CCCN(C(=O)CCn3ccnn3)C2)=C(F)CC1C(=O)N(C)C. The zero-order chi connectivity index (χ0) is 43.7. The summed E-state index contributed by atoms with van der Waals surface area (Å²) in [5.74, 6) is -1.58. The summed E-state index contributed by atoms with van der Waals surface area (Å²) < 4.78 is 26.9. The average Bonchev–Trinajstić information content (AvgIpc) is 3.90.